The summed E-state index contributed by atoms with van der Waals surface area (Å²) in [6.45, 7) is 3.75. The first kappa shape index (κ1) is 11.7. The molecular formula is C12H14FN3O. The first-order valence-corrected chi connectivity index (χ1v) is 5.42. The van der Waals surface area contributed by atoms with Crippen molar-refractivity contribution in [1.29, 1.82) is 0 Å². The van der Waals surface area contributed by atoms with Crippen LogP contribution in [-0.2, 0) is 5.54 Å². The molecule has 0 radical (unpaired) electrons. The van der Waals surface area contributed by atoms with Crippen LogP contribution in [0.15, 0.2) is 28.8 Å². The van der Waals surface area contributed by atoms with Crippen molar-refractivity contribution in [2.45, 2.75) is 25.8 Å². The zero-order valence-electron chi connectivity index (χ0n) is 9.77. The first-order valence-electron chi connectivity index (χ1n) is 5.42. The molecule has 0 aliphatic carbocycles. The Kier molecular flexibility index (Phi) is 2.93. The molecule has 0 amide bonds. The summed E-state index contributed by atoms with van der Waals surface area (Å²) in [7, 11) is 0. The number of hydrogen-bond donors (Lipinski definition) is 1. The number of nitrogens with zero attached hydrogens (tertiary/aromatic N) is 2. The van der Waals surface area contributed by atoms with E-state index < -0.39 is 5.54 Å². The van der Waals surface area contributed by atoms with Gasteiger partial charge in [0.2, 0.25) is 11.7 Å². The summed E-state index contributed by atoms with van der Waals surface area (Å²) in [6.07, 6.45) is 0.678. The minimum atomic E-state index is -0.654. The van der Waals surface area contributed by atoms with Crippen LogP contribution in [0.4, 0.5) is 4.39 Å². The van der Waals surface area contributed by atoms with Crippen molar-refractivity contribution in [3.05, 3.63) is 36.0 Å². The highest BCUT2D eigenvalue weighted by atomic mass is 19.1. The molecule has 17 heavy (non-hydrogen) atoms. The second-order valence-corrected chi connectivity index (χ2v) is 4.20. The molecule has 1 aromatic heterocycles. The number of nitrogens with two attached hydrogens (primary N) is 1. The minimum Gasteiger partial charge on any atom is -0.337 e. The molecular weight excluding hydrogens is 221 g/mol. The third kappa shape index (κ3) is 2.34. The highest BCUT2D eigenvalue weighted by Gasteiger charge is 2.26. The topological polar surface area (TPSA) is 64.9 Å². The molecule has 0 fully saturated rings. The molecule has 0 aliphatic heterocycles. The molecule has 0 bridgehead atoms. The lowest BCUT2D eigenvalue weighted by atomic mass is 10.0. The SMILES string of the molecule is CCC(C)(N)c1nc(-c2cccc(F)c2)no1. The monoisotopic (exact) mass is 235 g/mol. The van der Waals surface area contributed by atoms with Crippen LogP contribution in [0.5, 0.6) is 0 Å². The van der Waals surface area contributed by atoms with Crippen LogP contribution in [0.1, 0.15) is 26.2 Å². The quantitative estimate of drug-likeness (QED) is 0.887. The van der Waals surface area contributed by atoms with E-state index in [-0.39, 0.29) is 5.82 Å². The van der Waals surface area contributed by atoms with Crippen molar-refractivity contribution in [2.75, 3.05) is 0 Å². The third-order valence-corrected chi connectivity index (χ3v) is 2.73. The lowest BCUT2D eigenvalue weighted by molar-refractivity contribution is 0.291. The molecule has 2 aromatic rings. The van der Waals surface area contributed by atoms with Gasteiger partial charge in [-0.25, -0.2) is 4.39 Å². The van der Waals surface area contributed by atoms with Gasteiger partial charge in [-0.3, -0.25) is 0 Å². The van der Waals surface area contributed by atoms with E-state index in [0.717, 1.165) is 0 Å². The van der Waals surface area contributed by atoms with Gasteiger partial charge in [0.05, 0.1) is 5.54 Å². The average Bonchev–Trinajstić information content (AvgIpc) is 2.79. The zero-order chi connectivity index (χ0) is 12.5. The number of hydrogen-bond acceptors (Lipinski definition) is 4. The van der Waals surface area contributed by atoms with E-state index >= 15 is 0 Å². The van der Waals surface area contributed by atoms with Gasteiger partial charge in [-0.15, -0.1) is 0 Å². The normalized spacial score (nSPS) is 14.6. The fourth-order valence-corrected chi connectivity index (χ4v) is 1.35. The summed E-state index contributed by atoms with van der Waals surface area (Å²) in [5.41, 5.74) is 5.91. The number of benzene rings is 1. The molecule has 2 rings (SSSR count). The van der Waals surface area contributed by atoms with Gasteiger partial charge in [0, 0.05) is 5.56 Å². The van der Waals surface area contributed by atoms with E-state index in [0.29, 0.717) is 23.7 Å². The van der Waals surface area contributed by atoms with Crippen molar-refractivity contribution in [3.8, 4) is 11.4 Å². The molecule has 90 valence electrons. The van der Waals surface area contributed by atoms with Crippen LogP contribution in [-0.4, -0.2) is 10.1 Å². The Morgan fingerprint density at radius 1 is 1.47 bits per heavy atom. The van der Waals surface area contributed by atoms with Gasteiger partial charge in [0.25, 0.3) is 0 Å². The van der Waals surface area contributed by atoms with Crippen LogP contribution >= 0.6 is 0 Å². The largest absolute Gasteiger partial charge is 0.337 e. The second kappa shape index (κ2) is 4.25. The molecule has 1 unspecified atom stereocenters. The lowest BCUT2D eigenvalue weighted by Crippen LogP contribution is -2.32. The van der Waals surface area contributed by atoms with E-state index in [9.17, 15) is 4.39 Å². The summed E-state index contributed by atoms with van der Waals surface area (Å²) in [5.74, 6) is 0.378. The number of aromatic nitrogens is 2. The van der Waals surface area contributed by atoms with Gasteiger partial charge in [-0.05, 0) is 25.5 Å². The molecule has 0 spiro atoms. The Morgan fingerprint density at radius 3 is 2.88 bits per heavy atom. The van der Waals surface area contributed by atoms with E-state index in [4.69, 9.17) is 10.3 Å². The summed E-state index contributed by atoms with van der Waals surface area (Å²) >= 11 is 0. The van der Waals surface area contributed by atoms with Crippen LogP contribution in [0.25, 0.3) is 11.4 Å². The summed E-state index contributed by atoms with van der Waals surface area (Å²) in [6, 6.07) is 6.04. The van der Waals surface area contributed by atoms with Crippen molar-refractivity contribution in [3.63, 3.8) is 0 Å². The van der Waals surface area contributed by atoms with Crippen molar-refractivity contribution >= 4 is 0 Å². The Hall–Kier alpha value is -1.75. The Balaban J connectivity index is 2.36. The first-order chi connectivity index (χ1) is 8.03. The molecule has 2 N–H and O–H groups in total. The minimum absolute atomic E-state index is 0.333. The summed E-state index contributed by atoms with van der Waals surface area (Å²) in [5, 5.41) is 3.81. The molecule has 1 aromatic carbocycles. The molecule has 5 heteroatoms. The Labute approximate surface area is 98.6 Å². The van der Waals surface area contributed by atoms with Crippen molar-refractivity contribution in [1.82, 2.24) is 10.1 Å². The number of halogens is 1. The van der Waals surface area contributed by atoms with Crippen molar-refractivity contribution < 1.29 is 8.91 Å². The van der Waals surface area contributed by atoms with E-state index in [1.54, 1.807) is 12.1 Å². The van der Waals surface area contributed by atoms with Crippen LogP contribution in [0, 0.1) is 5.82 Å². The third-order valence-electron chi connectivity index (χ3n) is 2.73. The average molecular weight is 235 g/mol. The van der Waals surface area contributed by atoms with Gasteiger partial charge in [-0.2, -0.15) is 4.98 Å². The molecule has 4 nitrogen and oxygen atoms in total. The van der Waals surface area contributed by atoms with Crippen molar-refractivity contribution in [2.24, 2.45) is 5.73 Å². The van der Waals surface area contributed by atoms with Crippen LogP contribution in [0.3, 0.4) is 0 Å². The predicted molar refractivity (Wildman–Crippen MR) is 61.5 cm³/mol. The van der Waals surface area contributed by atoms with E-state index in [1.165, 1.54) is 12.1 Å². The lowest BCUT2D eigenvalue weighted by Gasteiger charge is -2.16. The maximum atomic E-state index is 13.0. The predicted octanol–water partition coefficient (Wildman–Crippen LogP) is 2.46. The second-order valence-electron chi connectivity index (χ2n) is 4.20. The van der Waals surface area contributed by atoms with Crippen LogP contribution < -0.4 is 5.73 Å². The molecule has 0 saturated carbocycles. The summed E-state index contributed by atoms with van der Waals surface area (Å²) in [4.78, 5) is 4.19. The standard InChI is InChI=1S/C12H14FN3O/c1-3-12(2,14)11-15-10(16-17-11)8-5-4-6-9(13)7-8/h4-7H,3,14H2,1-2H3. The molecule has 0 saturated heterocycles. The number of rotatable bonds is 3. The summed E-state index contributed by atoms with van der Waals surface area (Å²) < 4.78 is 18.2. The van der Waals surface area contributed by atoms with E-state index in [2.05, 4.69) is 10.1 Å². The van der Waals surface area contributed by atoms with Crippen LogP contribution in [0.2, 0.25) is 0 Å². The maximum Gasteiger partial charge on any atom is 0.246 e. The van der Waals surface area contributed by atoms with Gasteiger partial charge in [-0.1, -0.05) is 24.2 Å². The molecule has 1 atom stereocenters. The van der Waals surface area contributed by atoms with Gasteiger partial charge < -0.3 is 10.3 Å². The fourth-order valence-electron chi connectivity index (χ4n) is 1.35. The highest BCUT2D eigenvalue weighted by molar-refractivity contribution is 5.53. The zero-order valence-corrected chi connectivity index (χ0v) is 9.77. The van der Waals surface area contributed by atoms with Gasteiger partial charge in [0.1, 0.15) is 5.82 Å². The highest BCUT2D eigenvalue weighted by Crippen LogP contribution is 2.23. The van der Waals surface area contributed by atoms with E-state index in [1.807, 2.05) is 13.8 Å². The Bertz CT molecular complexity index is 522. The van der Waals surface area contributed by atoms with Gasteiger partial charge in [0.15, 0.2) is 0 Å². The molecule has 0 aliphatic rings. The Morgan fingerprint density at radius 2 is 2.24 bits per heavy atom. The molecule has 1 heterocycles. The fraction of sp³-hybridized carbons (Fsp3) is 0.333. The van der Waals surface area contributed by atoms with Gasteiger partial charge >= 0.3 is 0 Å². The maximum absolute atomic E-state index is 13.0. The smallest absolute Gasteiger partial charge is 0.246 e.